The molecule has 0 saturated heterocycles. The lowest BCUT2D eigenvalue weighted by molar-refractivity contribution is -0.143. The molecule has 46 heavy (non-hydrogen) atoms. The van der Waals surface area contributed by atoms with Gasteiger partial charge in [-0.15, -0.1) is 0 Å². The molecule has 0 aliphatic carbocycles. The van der Waals surface area contributed by atoms with Gasteiger partial charge in [0.2, 0.25) is 0 Å². The van der Waals surface area contributed by atoms with Gasteiger partial charge in [0.1, 0.15) is 18.4 Å². The quantitative estimate of drug-likeness (QED) is 0.159. The van der Waals surface area contributed by atoms with Gasteiger partial charge in [-0.2, -0.15) is 0 Å². The number of ether oxygens (including phenoxy) is 4. The number of hydrogen-bond donors (Lipinski definition) is 0. The molecule has 0 spiro atoms. The molecular formula is C34H31BrCl2N2O6S. The number of benzene rings is 3. The van der Waals surface area contributed by atoms with E-state index in [4.69, 9.17) is 42.1 Å². The summed E-state index contributed by atoms with van der Waals surface area (Å²) in [6.07, 6.45) is 1.41. The minimum atomic E-state index is -0.827. The fourth-order valence-corrected chi connectivity index (χ4v) is 6.91. The Labute approximate surface area is 288 Å². The van der Waals surface area contributed by atoms with Crippen LogP contribution in [0.4, 0.5) is 0 Å². The predicted molar refractivity (Wildman–Crippen MR) is 184 cm³/mol. The molecule has 0 fully saturated rings. The van der Waals surface area contributed by atoms with Gasteiger partial charge in [-0.1, -0.05) is 62.6 Å². The Kier molecular flexibility index (Phi) is 10.6. The van der Waals surface area contributed by atoms with Crippen molar-refractivity contribution in [3.63, 3.8) is 0 Å². The summed E-state index contributed by atoms with van der Waals surface area (Å²) in [5.41, 5.74) is 2.54. The van der Waals surface area contributed by atoms with Crippen molar-refractivity contribution in [1.82, 2.24) is 4.57 Å². The van der Waals surface area contributed by atoms with E-state index in [2.05, 4.69) is 20.9 Å². The molecule has 0 amide bonds. The molecule has 0 unspecified atom stereocenters. The second kappa shape index (κ2) is 14.5. The van der Waals surface area contributed by atoms with Crippen LogP contribution in [0.5, 0.6) is 17.2 Å². The zero-order valence-electron chi connectivity index (χ0n) is 25.7. The van der Waals surface area contributed by atoms with E-state index in [1.165, 1.54) is 15.9 Å². The molecule has 1 aliphatic rings. The van der Waals surface area contributed by atoms with Crippen molar-refractivity contribution in [2.75, 3.05) is 13.7 Å². The van der Waals surface area contributed by atoms with Crippen molar-refractivity contribution in [1.29, 1.82) is 0 Å². The molecule has 0 N–H and O–H groups in total. The van der Waals surface area contributed by atoms with Gasteiger partial charge in [0, 0.05) is 25.6 Å². The van der Waals surface area contributed by atoms with Crippen LogP contribution in [0.25, 0.3) is 6.08 Å². The molecule has 0 saturated carbocycles. The van der Waals surface area contributed by atoms with E-state index in [0.717, 1.165) is 15.6 Å². The number of halogens is 3. The number of fused-ring (bicyclic) bond motifs is 1. The van der Waals surface area contributed by atoms with Gasteiger partial charge in [-0.3, -0.25) is 9.36 Å². The van der Waals surface area contributed by atoms with Crippen LogP contribution in [0.1, 0.15) is 50.4 Å². The zero-order valence-corrected chi connectivity index (χ0v) is 29.6. The second-order valence-corrected chi connectivity index (χ2v) is 13.4. The van der Waals surface area contributed by atoms with Crippen molar-refractivity contribution >= 4 is 62.5 Å². The largest absolute Gasteiger partial charge is 0.496 e. The fourth-order valence-electron chi connectivity index (χ4n) is 5.02. The summed E-state index contributed by atoms with van der Waals surface area (Å²) in [5.74, 6) is 1.01. The van der Waals surface area contributed by atoms with Crippen LogP contribution >= 0.6 is 50.5 Å². The van der Waals surface area contributed by atoms with E-state index in [1.807, 2.05) is 37.3 Å². The molecule has 0 bridgehead atoms. The van der Waals surface area contributed by atoms with Gasteiger partial charge >= 0.3 is 5.97 Å². The molecule has 0 radical (unpaired) electrons. The number of nitrogens with zero attached hydrogens (tertiary/aromatic N) is 2. The average Bonchev–Trinajstić information content (AvgIpc) is 3.30. The molecule has 2 heterocycles. The fraction of sp³-hybridized carbons (Fsp3) is 0.265. The molecule has 12 heteroatoms. The van der Waals surface area contributed by atoms with E-state index in [-0.39, 0.29) is 23.8 Å². The Balaban J connectivity index is 1.59. The van der Waals surface area contributed by atoms with Crippen LogP contribution in [-0.2, 0) is 16.1 Å². The van der Waals surface area contributed by atoms with E-state index in [0.29, 0.717) is 54.5 Å². The highest BCUT2D eigenvalue weighted by Gasteiger charge is 2.35. The highest BCUT2D eigenvalue weighted by molar-refractivity contribution is 9.10. The van der Waals surface area contributed by atoms with E-state index in [1.54, 1.807) is 58.2 Å². The average molecular weight is 747 g/mol. The number of methoxy groups -OCH3 is 1. The third-order valence-corrected chi connectivity index (χ3v) is 9.10. The molecule has 8 nitrogen and oxygen atoms in total. The number of rotatable bonds is 10. The van der Waals surface area contributed by atoms with Gasteiger partial charge < -0.3 is 18.9 Å². The number of carbonyl (C=O) groups is 1. The molecular weight excluding hydrogens is 715 g/mol. The van der Waals surface area contributed by atoms with Crippen molar-refractivity contribution in [2.45, 2.75) is 46.4 Å². The number of hydrogen-bond acceptors (Lipinski definition) is 8. The second-order valence-electron chi connectivity index (χ2n) is 10.6. The normalized spacial score (nSPS) is 14.6. The van der Waals surface area contributed by atoms with Crippen molar-refractivity contribution in [3.8, 4) is 17.2 Å². The monoisotopic (exact) mass is 744 g/mol. The number of aromatic nitrogens is 1. The molecule has 1 aromatic heterocycles. The Hall–Kier alpha value is -3.57. The summed E-state index contributed by atoms with van der Waals surface area (Å²) < 4.78 is 25.9. The number of allylic oxidation sites excluding steroid dienone is 1. The van der Waals surface area contributed by atoms with E-state index in [9.17, 15) is 9.59 Å². The lowest BCUT2D eigenvalue weighted by atomic mass is 9.95. The summed E-state index contributed by atoms with van der Waals surface area (Å²) >= 11 is 17.1. The van der Waals surface area contributed by atoms with E-state index >= 15 is 0 Å². The third kappa shape index (κ3) is 7.20. The maximum absolute atomic E-state index is 14.2. The summed E-state index contributed by atoms with van der Waals surface area (Å²) in [5, 5.41) is 1.05. The van der Waals surface area contributed by atoms with E-state index < -0.39 is 12.0 Å². The molecule has 240 valence electrons. The van der Waals surface area contributed by atoms with Crippen molar-refractivity contribution in [2.24, 2.45) is 4.99 Å². The van der Waals surface area contributed by atoms with Crippen LogP contribution in [0.2, 0.25) is 10.0 Å². The molecule has 1 atom stereocenters. The Morgan fingerprint density at radius 1 is 1.07 bits per heavy atom. The van der Waals surface area contributed by atoms with Crippen LogP contribution < -0.4 is 29.1 Å². The maximum Gasteiger partial charge on any atom is 0.338 e. The summed E-state index contributed by atoms with van der Waals surface area (Å²) in [7, 11) is 1.55. The van der Waals surface area contributed by atoms with Gasteiger partial charge in [0.25, 0.3) is 5.56 Å². The Bertz CT molecular complexity index is 2020. The number of esters is 1. The standard InChI is InChI=1S/C34H31BrCl2N2O6S/c1-6-43-28-13-20(7-11-27(28)44-17-21-8-10-23(36)16-25(21)37)14-29-32(40)39-31(24-15-22(35)9-12-26(24)42-5)30(33(41)45-18(2)3)19(4)38-34(39)46-29/h7-16,18,31H,6,17H2,1-5H3/b29-14-/t31-/m1/s1. The highest BCUT2D eigenvalue weighted by Crippen LogP contribution is 2.37. The van der Waals surface area contributed by atoms with Crippen molar-refractivity contribution < 1.29 is 23.7 Å². The Morgan fingerprint density at radius 2 is 1.83 bits per heavy atom. The number of thiazole rings is 1. The lowest BCUT2D eigenvalue weighted by Crippen LogP contribution is -2.40. The summed E-state index contributed by atoms with van der Waals surface area (Å²) in [6, 6.07) is 15.3. The molecule has 1 aliphatic heterocycles. The third-order valence-electron chi connectivity index (χ3n) is 7.03. The predicted octanol–water partition coefficient (Wildman–Crippen LogP) is 7.24. The van der Waals surface area contributed by atoms with Gasteiger partial charge in [-0.05, 0) is 81.8 Å². The smallest absolute Gasteiger partial charge is 0.338 e. The van der Waals surface area contributed by atoms with Gasteiger partial charge in [-0.25, -0.2) is 9.79 Å². The first-order valence-corrected chi connectivity index (χ1v) is 16.8. The topological polar surface area (TPSA) is 88.4 Å². The SMILES string of the molecule is CCOc1cc(/C=c2\sc3n(c2=O)[C@H](c2cc(Br)ccc2OC)C(C(=O)OC(C)C)=C(C)N=3)ccc1OCc1ccc(Cl)cc1Cl. The minimum Gasteiger partial charge on any atom is -0.496 e. The zero-order chi connectivity index (χ0) is 33.1. The van der Waals surface area contributed by atoms with Gasteiger partial charge in [0.15, 0.2) is 16.3 Å². The minimum absolute atomic E-state index is 0.216. The first-order chi connectivity index (χ1) is 22.0. The molecule has 3 aromatic carbocycles. The van der Waals surface area contributed by atoms with Crippen molar-refractivity contribution in [3.05, 3.63) is 117 Å². The highest BCUT2D eigenvalue weighted by atomic mass is 79.9. The first kappa shape index (κ1) is 33.8. The van der Waals surface area contributed by atoms with Gasteiger partial charge in [0.05, 0.1) is 35.6 Å². The Morgan fingerprint density at radius 3 is 2.52 bits per heavy atom. The summed E-state index contributed by atoms with van der Waals surface area (Å²) in [4.78, 5) is 32.7. The summed E-state index contributed by atoms with van der Waals surface area (Å²) in [6.45, 7) is 7.80. The maximum atomic E-state index is 14.2. The van der Waals surface area contributed by atoms with Crippen LogP contribution in [-0.4, -0.2) is 30.4 Å². The van der Waals surface area contributed by atoms with Crippen LogP contribution in [0, 0.1) is 0 Å². The molecule has 5 rings (SSSR count). The van der Waals surface area contributed by atoms with Crippen LogP contribution in [0.3, 0.4) is 0 Å². The first-order valence-electron chi connectivity index (χ1n) is 14.4. The molecule has 4 aromatic rings. The van der Waals surface area contributed by atoms with Crippen LogP contribution in [0.15, 0.2) is 80.1 Å². The lowest BCUT2D eigenvalue weighted by Gasteiger charge is -2.26. The number of carbonyl (C=O) groups excluding carboxylic acids is 1.